The van der Waals surface area contributed by atoms with Crippen LogP contribution < -0.4 is 10.9 Å². The van der Waals surface area contributed by atoms with Gasteiger partial charge < -0.3 is 4.74 Å². The van der Waals surface area contributed by atoms with Crippen molar-refractivity contribution in [3.05, 3.63) is 22.4 Å². The molecule has 7 heteroatoms. The molecule has 0 saturated heterocycles. The van der Waals surface area contributed by atoms with Crippen LogP contribution in [-0.4, -0.2) is 24.4 Å². The molecular weight excluding hydrogens is 316 g/mol. The van der Waals surface area contributed by atoms with E-state index in [0.717, 1.165) is 12.3 Å². The molecule has 2 fully saturated rings. The third-order valence-electron chi connectivity index (χ3n) is 4.74. The Kier molecular flexibility index (Phi) is 4.95. The monoisotopic (exact) mass is 336 g/mol. The van der Waals surface area contributed by atoms with Crippen molar-refractivity contribution in [2.45, 2.75) is 32.1 Å². The zero-order chi connectivity index (χ0) is 16.2. The highest BCUT2D eigenvalue weighted by Gasteiger charge is 2.40. The maximum atomic E-state index is 11.8. The van der Waals surface area contributed by atoms with Gasteiger partial charge in [-0.1, -0.05) is 12.5 Å². The second-order valence-corrected chi connectivity index (χ2v) is 7.23. The Morgan fingerprint density at radius 3 is 2.74 bits per heavy atom. The van der Waals surface area contributed by atoms with Crippen molar-refractivity contribution >= 4 is 29.1 Å². The first-order chi connectivity index (χ1) is 11.1. The van der Waals surface area contributed by atoms with Gasteiger partial charge in [-0.2, -0.15) is 0 Å². The Morgan fingerprint density at radius 1 is 1.22 bits per heavy atom. The molecule has 1 aromatic rings. The van der Waals surface area contributed by atoms with Crippen molar-refractivity contribution in [2.75, 3.05) is 6.61 Å². The zero-order valence-corrected chi connectivity index (χ0v) is 13.6. The Labute approximate surface area is 138 Å². The third-order valence-corrected chi connectivity index (χ3v) is 5.61. The summed E-state index contributed by atoms with van der Waals surface area (Å²) < 4.78 is 5.00. The Hall–Kier alpha value is -1.89. The SMILES string of the molecule is O=C(COC(=O)C[C@H]1C[C@H]2CC[C@@H]1C2)NNC(=O)c1cccs1. The van der Waals surface area contributed by atoms with Crippen LogP contribution in [0.3, 0.4) is 0 Å². The van der Waals surface area contributed by atoms with Gasteiger partial charge in [0.15, 0.2) is 6.61 Å². The number of esters is 1. The van der Waals surface area contributed by atoms with Gasteiger partial charge in [0, 0.05) is 6.42 Å². The van der Waals surface area contributed by atoms with Crippen molar-refractivity contribution in [1.82, 2.24) is 10.9 Å². The van der Waals surface area contributed by atoms with Gasteiger partial charge in [0.25, 0.3) is 11.8 Å². The highest BCUT2D eigenvalue weighted by atomic mass is 32.1. The largest absolute Gasteiger partial charge is 0.455 e. The number of nitrogens with one attached hydrogen (secondary N) is 2. The standard InChI is InChI=1S/C16H20N2O4S/c19-14(17-18-16(21)13-2-1-5-23-13)9-22-15(20)8-12-7-10-3-4-11(12)6-10/h1-2,5,10-12H,3-4,6-9H2,(H,17,19)(H,18,21)/t10-,11+,12+/m0/s1. The van der Waals surface area contributed by atoms with E-state index in [1.54, 1.807) is 17.5 Å². The lowest BCUT2D eigenvalue weighted by Gasteiger charge is -2.20. The summed E-state index contributed by atoms with van der Waals surface area (Å²) in [5, 5.41) is 1.77. The van der Waals surface area contributed by atoms with Gasteiger partial charge in [-0.15, -0.1) is 11.3 Å². The zero-order valence-electron chi connectivity index (χ0n) is 12.7. The van der Waals surface area contributed by atoms with Crippen molar-refractivity contribution in [3.63, 3.8) is 0 Å². The summed E-state index contributed by atoms with van der Waals surface area (Å²) in [6.45, 7) is -0.371. The van der Waals surface area contributed by atoms with E-state index in [9.17, 15) is 14.4 Å². The highest BCUT2D eigenvalue weighted by molar-refractivity contribution is 7.12. The fourth-order valence-corrected chi connectivity index (χ4v) is 4.30. The predicted molar refractivity (Wildman–Crippen MR) is 84.4 cm³/mol. The summed E-state index contributed by atoms with van der Waals surface area (Å²) in [6.07, 6.45) is 5.27. The molecular formula is C16H20N2O4S. The number of carbonyl (C=O) groups excluding carboxylic acids is 3. The van der Waals surface area contributed by atoms with Crippen LogP contribution in [0.5, 0.6) is 0 Å². The van der Waals surface area contributed by atoms with Crippen LogP contribution in [0.1, 0.15) is 41.8 Å². The number of rotatable bonds is 5. The van der Waals surface area contributed by atoms with Gasteiger partial charge >= 0.3 is 5.97 Å². The number of fused-ring (bicyclic) bond motifs is 2. The first-order valence-corrected chi connectivity index (χ1v) is 8.78. The van der Waals surface area contributed by atoms with Crippen molar-refractivity contribution in [2.24, 2.45) is 17.8 Å². The second kappa shape index (κ2) is 7.12. The first-order valence-electron chi connectivity index (χ1n) is 7.90. The number of hydrazine groups is 1. The average molecular weight is 336 g/mol. The Morgan fingerprint density at radius 2 is 2.09 bits per heavy atom. The van der Waals surface area contributed by atoms with Gasteiger partial charge in [-0.05, 0) is 48.5 Å². The Balaban J connectivity index is 1.32. The fourth-order valence-electron chi connectivity index (χ4n) is 3.68. The molecule has 0 spiro atoms. The van der Waals surface area contributed by atoms with E-state index in [1.807, 2.05) is 0 Å². The minimum atomic E-state index is -0.545. The minimum absolute atomic E-state index is 0.331. The van der Waals surface area contributed by atoms with Gasteiger partial charge in [0.1, 0.15) is 0 Å². The Bertz CT molecular complexity index is 587. The van der Waals surface area contributed by atoms with Crippen LogP contribution in [0, 0.1) is 17.8 Å². The number of hydrogen-bond acceptors (Lipinski definition) is 5. The summed E-state index contributed by atoms with van der Waals surface area (Å²) >= 11 is 1.28. The van der Waals surface area contributed by atoms with Crippen LogP contribution in [0.25, 0.3) is 0 Å². The minimum Gasteiger partial charge on any atom is -0.455 e. The van der Waals surface area contributed by atoms with E-state index in [0.29, 0.717) is 23.1 Å². The predicted octanol–water partition coefficient (Wildman–Crippen LogP) is 1.88. The van der Waals surface area contributed by atoms with Crippen molar-refractivity contribution in [1.29, 1.82) is 0 Å². The van der Waals surface area contributed by atoms with Crippen LogP contribution in [0.2, 0.25) is 0 Å². The molecule has 0 aliphatic heterocycles. The fraction of sp³-hybridized carbons (Fsp3) is 0.562. The average Bonchev–Trinajstić information content (AvgIpc) is 3.27. The highest BCUT2D eigenvalue weighted by Crippen LogP contribution is 2.49. The normalized spacial score (nSPS) is 25.1. The molecule has 2 amide bonds. The molecule has 6 nitrogen and oxygen atoms in total. The molecule has 3 atom stereocenters. The number of amides is 2. The molecule has 0 radical (unpaired) electrons. The van der Waals surface area contributed by atoms with Gasteiger partial charge in [0.2, 0.25) is 0 Å². The smallest absolute Gasteiger partial charge is 0.306 e. The number of thiophene rings is 1. The molecule has 2 aliphatic carbocycles. The quantitative estimate of drug-likeness (QED) is 0.635. The summed E-state index contributed by atoms with van der Waals surface area (Å²) in [5.74, 6) is 0.600. The molecule has 2 saturated carbocycles. The van der Waals surface area contributed by atoms with Crippen LogP contribution in [0.4, 0.5) is 0 Å². The lowest BCUT2D eigenvalue weighted by atomic mass is 9.86. The third kappa shape index (κ3) is 4.10. The van der Waals surface area contributed by atoms with Crippen LogP contribution in [0.15, 0.2) is 17.5 Å². The molecule has 3 rings (SSSR count). The van der Waals surface area contributed by atoms with Crippen molar-refractivity contribution < 1.29 is 19.1 Å². The van der Waals surface area contributed by atoms with Gasteiger partial charge in [0.05, 0.1) is 4.88 Å². The van der Waals surface area contributed by atoms with E-state index in [4.69, 9.17) is 4.74 Å². The lowest BCUT2D eigenvalue weighted by molar-refractivity contribution is -0.150. The van der Waals surface area contributed by atoms with E-state index < -0.39 is 5.91 Å². The molecule has 124 valence electrons. The second-order valence-electron chi connectivity index (χ2n) is 6.28. The van der Waals surface area contributed by atoms with Crippen LogP contribution >= 0.6 is 11.3 Å². The van der Waals surface area contributed by atoms with Gasteiger partial charge in [-0.3, -0.25) is 25.2 Å². The van der Waals surface area contributed by atoms with Gasteiger partial charge in [-0.25, -0.2) is 0 Å². The molecule has 2 bridgehead atoms. The summed E-state index contributed by atoms with van der Waals surface area (Å²) in [4.78, 5) is 35.5. The molecule has 1 aromatic heterocycles. The molecule has 1 heterocycles. The van der Waals surface area contributed by atoms with E-state index in [2.05, 4.69) is 10.9 Å². The maximum Gasteiger partial charge on any atom is 0.306 e. The topological polar surface area (TPSA) is 84.5 Å². The number of carbonyl (C=O) groups is 3. The number of ether oxygens (including phenoxy) is 1. The van der Waals surface area contributed by atoms with Crippen molar-refractivity contribution in [3.8, 4) is 0 Å². The lowest BCUT2D eigenvalue weighted by Crippen LogP contribution is -2.43. The summed E-state index contributed by atoms with van der Waals surface area (Å²) in [7, 11) is 0. The molecule has 2 aliphatic rings. The molecule has 2 N–H and O–H groups in total. The maximum absolute atomic E-state index is 11.8. The number of hydrogen-bond donors (Lipinski definition) is 2. The van der Waals surface area contributed by atoms with E-state index in [1.165, 1.54) is 30.6 Å². The molecule has 23 heavy (non-hydrogen) atoms. The van der Waals surface area contributed by atoms with E-state index in [-0.39, 0.29) is 18.5 Å². The molecule has 0 aromatic carbocycles. The summed E-state index contributed by atoms with van der Waals surface area (Å²) in [6, 6.07) is 3.40. The van der Waals surface area contributed by atoms with Crippen LogP contribution in [-0.2, 0) is 14.3 Å². The summed E-state index contributed by atoms with van der Waals surface area (Å²) in [5.41, 5.74) is 4.52. The first kappa shape index (κ1) is 16.0. The van der Waals surface area contributed by atoms with E-state index >= 15 is 0 Å². The molecule has 0 unspecified atom stereocenters.